The summed E-state index contributed by atoms with van der Waals surface area (Å²) in [6, 6.07) is 4.72. The topological polar surface area (TPSA) is 50.4 Å². The van der Waals surface area contributed by atoms with E-state index in [-0.39, 0.29) is 16.5 Å². The molecule has 0 amide bonds. The summed E-state index contributed by atoms with van der Waals surface area (Å²) in [4.78, 5) is 10.7. The van der Waals surface area contributed by atoms with Crippen molar-refractivity contribution in [2.24, 2.45) is 0 Å². The van der Waals surface area contributed by atoms with Gasteiger partial charge in [-0.2, -0.15) is 4.39 Å². The highest BCUT2D eigenvalue weighted by Gasteiger charge is 2.11. The summed E-state index contributed by atoms with van der Waals surface area (Å²) in [5, 5.41) is 9.01. The van der Waals surface area contributed by atoms with Crippen LogP contribution in [0.3, 0.4) is 0 Å². The second kappa shape index (κ2) is 2.58. The van der Waals surface area contributed by atoms with E-state index in [4.69, 9.17) is 5.11 Å². The molecule has 2 aromatic rings. The van der Waals surface area contributed by atoms with Crippen LogP contribution in [0.25, 0.3) is 11.0 Å². The molecule has 0 spiro atoms. The van der Waals surface area contributed by atoms with Gasteiger partial charge >= 0.3 is 5.97 Å². The number of halogens is 1. The molecule has 1 heterocycles. The van der Waals surface area contributed by atoms with Crippen LogP contribution < -0.4 is 0 Å². The third-order valence-corrected chi connectivity index (χ3v) is 1.76. The van der Waals surface area contributed by atoms with Crippen LogP contribution in [-0.4, -0.2) is 11.1 Å². The van der Waals surface area contributed by atoms with Gasteiger partial charge in [0.1, 0.15) is 5.58 Å². The maximum absolute atomic E-state index is 12.6. The van der Waals surface area contributed by atoms with E-state index in [1.54, 1.807) is 0 Å². The molecule has 3 nitrogen and oxygen atoms in total. The van der Waals surface area contributed by atoms with Gasteiger partial charge in [-0.3, -0.25) is 0 Å². The maximum atomic E-state index is 12.6. The summed E-state index contributed by atoms with van der Waals surface area (Å²) in [6.07, 6.45) is 0. The van der Waals surface area contributed by atoms with E-state index in [0.29, 0.717) is 0 Å². The van der Waals surface area contributed by atoms with Gasteiger partial charge in [0.2, 0.25) is 0 Å². The van der Waals surface area contributed by atoms with Crippen LogP contribution in [0.15, 0.2) is 28.7 Å². The summed E-state index contributed by atoms with van der Waals surface area (Å²) < 4.78 is 17.2. The highest BCUT2D eigenvalue weighted by Crippen LogP contribution is 2.21. The zero-order chi connectivity index (χ0) is 9.42. The highest BCUT2D eigenvalue weighted by molar-refractivity contribution is 6.02. The van der Waals surface area contributed by atoms with Crippen LogP contribution in [0, 0.1) is 6.01 Å². The molecule has 0 aliphatic rings. The van der Waals surface area contributed by atoms with Crippen molar-refractivity contribution in [2.45, 2.75) is 0 Å². The summed E-state index contributed by atoms with van der Waals surface area (Å²) >= 11 is 0. The van der Waals surface area contributed by atoms with E-state index in [1.165, 1.54) is 18.2 Å². The van der Waals surface area contributed by atoms with Crippen LogP contribution in [0.4, 0.5) is 4.39 Å². The third-order valence-electron chi connectivity index (χ3n) is 1.76. The Morgan fingerprint density at radius 1 is 1.46 bits per heavy atom. The number of hydrogen-bond donors (Lipinski definition) is 1. The van der Waals surface area contributed by atoms with E-state index < -0.39 is 12.0 Å². The Kier molecular flexibility index (Phi) is 1.55. The van der Waals surface area contributed by atoms with Crippen LogP contribution >= 0.6 is 0 Å². The first-order valence-corrected chi connectivity index (χ1v) is 3.60. The van der Waals surface area contributed by atoms with Gasteiger partial charge in [-0.15, -0.1) is 0 Å². The average Bonchev–Trinajstić information content (AvgIpc) is 2.43. The minimum absolute atomic E-state index is 0.0464. The fourth-order valence-corrected chi connectivity index (χ4v) is 1.22. The summed E-state index contributed by atoms with van der Waals surface area (Å²) in [7, 11) is 0. The normalized spacial score (nSPS) is 10.5. The van der Waals surface area contributed by atoms with E-state index >= 15 is 0 Å². The smallest absolute Gasteiger partial charge is 0.336 e. The predicted octanol–water partition coefficient (Wildman–Crippen LogP) is 2.27. The maximum Gasteiger partial charge on any atom is 0.336 e. The van der Waals surface area contributed by atoms with Gasteiger partial charge in [0.05, 0.1) is 5.56 Å². The molecule has 0 aliphatic carbocycles. The molecule has 0 saturated heterocycles. The predicted molar refractivity (Wildman–Crippen MR) is 43.1 cm³/mol. The van der Waals surface area contributed by atoms with E-state index in [1.807, 2.05) is 0 Å². The van der Waals surface area contributed by atoms with E-state index in [9.17, 15) is 9.18 Å². The lowest BCUT2D eigenvalue weighted by molar-refractivity contribution is 0.0699. The number of aromatic carboxylic acids is 1. The number of hydrogen-bond acceptors (Lipinski definition) is 2. The number of fused-ring (bicyclic) bond motifs is 1. The van der Waals surface area contributed by atoms with E-state index in [0.717, 1.165) is 6.07 Å². The number of benzene rings is 1. The first-order chi connectivity index (χ1) is 6.18. The summed E-state index contributed by atoms with van der Waals surface area (Å²) in [5.74, 6) is -1.09. The lowest BCUT2D eigenvalue weighted by Crippen LogP contribution is -1.95. The Hall–Kier alpha value is -1.84. The Labute approximate surface area is 72.4 Å². The highest BCUT2D eigenvalue weighted by atomic mass is 19.1. The Bertz CT molecular complexity index is 473. The largest absolute Gasteiger partial charge is 0.478 e. The number of carboxylic acids is 1. The molecule has 0 atom stereocenters. The van der Waals surface area contributed by atoms with Gasteiger partial charge in [-0.25, -0.2) is 4.79 Å². The molecule has 0 radical (unpaired) electrons. The third kappa shape index (κ3) is 1.16. The monoisotopic (exact) mass is 180 g/mol. The Balaban J connectivity index is 2.82. The molecule has 2 rings (SSSR count). The van der Waals surface area contributed by atoms with Crippen LogP contribution in [0.1, 0.15) is 10.4 Å². The average molecular weight is 180 g/mol. The molecule has 4 heteroatoms. The fraction of sp³-hybridized carbons (Fsp3) is 0. The SMILES string of the molecule is O=C(O)c1cccc2oc(F)cc12. The first kappa shape index (κ1) is 7.79. The van der Waals surface area contributed by atoms with Crippen molar-refractivity contribution in [3.8, 4) is 0 Å². The second-order valence-electron chi connectivity index (χ2n) is 2.57. The Morgan fingerprint density at radius 2 is 2.23 bits per heavy atom. The molecule has 1 aromatic carbocycles. The second-order valence-corrected chi connectivity index (χ2v) is 2.57. The van der Waals surface area contributed by atoms with Crippen molar-refractivity contribution in [3.05, 3.63) is 35.8 Å². The number of furan rings is 1. The molecular formula is C9H5FO3. The van der Waals surface area contributed by atoms with Crippen molar-refractivity contribution >= 4 is 16.9 Å². The number of carboxylic acid groups (broad SMARTS) is 1. The van der Waals surface area contributed by atoms with E-state index in [2.05, 4.69) is 4.42 Å². The lowest BCUT2D eigenvalue weighted by Gasteiger charge is -1.93. The van der Waals surface area contributed by atoms with Crippen molar-refractivity contribution in [1.29, 1.82) is 0 Å². The molecule has 1 N–H and O–H groups in total. The fourth-order valence-electron chi connectivity index (χ4n) is 1.22. The minimum Gasteiger partial charge on any atom is -0.478 e. The van der Waals surface area contributed by atoms with Crippen molar-refractivity contribution in [1.82, 2.24) is 0 Å². The number of carbonyl (C=O) groups is 1. The van der Waals surface area contributed by atoms with Gasteiger partial charge in [-0.1, -0.05) is 6.07 Å². The van der Waals surface area contributed by atoms with Gasteiger partial charge in [0.25, 0.3) is 6.01 Å². The van der Waals surface area contributed by atoms with Gasteiger partial charge < -0.3 is 9.52 Å². The molecular weight excluding hydrogens is 175 g/mol. The summed E-state index contributed by atoms with van der Waals surface area (Å²) in [6.45, 7) is 0. The van der Waals surface area contributed by atoms with Gasteiger partial charge in [-0.05, 0) is 12.1 Å². The first-order valence-electron chi connectivity index (χ1n) is 3.60. The molecule has 0 unspecified atom stereocenters. The zero-order valence-corrected chi connectivity index (χ0v) is 6.45. The molecule has 0 aliphatic heterocycles. The lowest BCUT2D eigenvalue weighted by atomic mass is 10.1. The molecule has 0 saturated carbocycles. The van der Waals surface area contributed by atoms with Crippen LogP contribution in [0.2, 0.25) is 0 Å². The van der Waals surface area contributed by atoms with Gasteiger partial charge in [0, 0.05) is 11.5 Å². The quantitative estimate of drug-likeness (QED) is 0.732. The van der Waals surface area contributed by atoms with Gasteiger partial charge in [0.15, 0.2) is 0 Å². The summed E-state index contributed by atoms with van der Waals surface area (Å²) in [5.41, 5.74) is 0.294. The van der Waals surface area contributed by atoms with Crippen LogP contribution in [-0.2, 0) is 0 Å². The molecule has 66 valence electrons. The number of rotatable bonds is 1. The van der Waals surface area contributed by atoms with Crippen molar-refractivity contribution in [3.63, 3.8) is 0 Å². The minimum atomic E-state index is -1.09. The standard InChI is InChI=1S/C9H5FO3/c10-8-4-6-5(9(11)12)2-1-3-7(6)13-8/h1-4H,(H,11,12). The molecule has 13 heavy (non-hydrogen) atoms. The Morgan fingerprint density at radius 3 is 2.92 bits per heavy atom. The van der Waals surface area contributed by atoms with Crippen LogP contribution in [0.5, 0.6) is 0 Å². The van der Waals surface area contributed by atoms with Crippen molar-refractivity contribution in [2.75, 3.05) is 0 Å². The zero-order valence-electron chi connectivity index (χ0n) is 6.45. The molecule has 0 bridgehead atoms. The molecule has 1 aromatic heterocycles. The molecule has 0 fully saturated rings. The van der Waals surface area contributed by atoms with Crippen molar-refractivity contribution < 1.29 is 18.7 Å².